The van der Waals surface area contributed by atoms with Crippen LogP contribution >= 0.6 is 23.4 Å². The molecule has 1 aromatic heterocycles. The number of carboxylic acids is 1. The zero-order valence-corrected chi connectivity index (χ0v) is 25.0. The number of halogens is 1. The maximum Gasteiger partial charge on any atom is 0.323 e. The van der Waals surface area contributed by atoms with Crippen LogP contribution in [0.15, 0.2) is 78.0 Å². The number of fused-ring (bicyclic) bond motifs is 1. The monoisotopic (exact) mass is 615 g/mol. The van der Waals surface area contributed by atoms with Gasteiger partial charge in [-0.2, -0.15) is 5.26 Å². The molecule has 10 heteroatoms. The molecule has 220 valence electrons. The van der Waals surface area contributed by atoms with Crippen LogP contribution in [0.1, 0.15) is 39.5 Å². The standard InChI is InChI=1S/C33H30ClN3O5S/c1-41-29-8-3-2-5-25(29)23-6-4-7-26-24(23)9-10-31(26)43-32-13-30(42-19-21-11-20(14-35)15-36-16-21)22(12-27(32)34)17-37-28(18-38)33(39)40/h2-8,11-13,15-16,28,31,37-38H,9-10,17-19H2,1H3,(H,39,40)/t28?,31-/m0/s1. The lowest BCUT2D eigenvalue weighted by Gasteiger charge is -2.19. The number of para-hydroxylation sites is 1. The van der Waals surface area contributed by atoms with Crippen molar-refractivity contribution >= 4 is 29.3 Å². The fourth-order valence-corrected chi connectivity index (χ4v) is 6.76. The second-order valence-electron chi connectivity index (χ2n) is 10.0. The van der Waals surface area contributed by atoms with Crippen LogP contribution < -0.4 is 14.8 Å². The van der Waals surface area contributed by atoms with Crippen LogP contribution in [0.4, 0.5) is 0 Å². The number of nitrogens with zero attached hydrogens (tertiary/aromatic N) is 2. The van der Waals surface area contributed by atoms with Gasteiger partial charge in [0.2, 0.25) is 0 Å². The number of pyridine rings is 1. The smallest absolute Gasteiger partial charge is 0.323 e. The van der Waals surface area contributed by atoms with Crippen LogP contribution in [0.3, 0.4) is 0 Å². The molecule has 1 aliphatic rings. The summed E-state index contributed by atoms with van der Waals surface area (Å²) in [7, 11) is 1.68. The van der Waals surface area contributed by atoms with E-state index < -0.39 is 18.6 Å². The molecule has 0 amide bonds. The highest BCUT2D eigenvalue weighted by molar-refractivity contribution is 7.99. The number of hydrogen-bond acceptors (Lipinski definition) is 8. The van der Waals surface area contributed by atoms with E-state index in [2.05, 4.69) is 40.6 Å². The van der Waals surface area contributed by atoms with Crippen LogP contribution in [0.5, 0.6) is 11.5 Å². The van der Waals surface area contributed by atoms with Crippen molar-refractivity contribution in [3.05, 3.63) is 106 Å². The van der Waals surface area contributed by atoms with E-state index in [9.17, 15) is 20.3 Å². The molecule has 5 rings (SSSR count). The fraction of sp³-hybridized carbons (Fsp3) is 0.242. The normalized spacial score (nSPS) is 14.5. The van der Waals surface area contributed by atoms with Gasteiger partial charge in [-0.05, 0) is 53.8 Å². The summed E-state index contributed by atoms with van der Waals surface area (Å²) in [6.07, 6.45) is 4.97. The highest BCUT2D eigenvalue weighted by Crippen LogP contribution is 2.50. The van der Waals surface area contributed by atoms with Crippen molar-refractivity contribution in [1.29, 1.82) is 5.26 Å². The number of aliphatic carboxylic acids is 1. The van der Waals surface area contributed by atoms with Gasteiger partial charge in [-0.3, -0.25) is 15.1 Å². The molecule has 2 atom stereocenters. The second-order valence-corrected chi connectivity index (χ2v) is 11.7. The van der Waals surface area contributed by atoms with Crippen molar-refractivity contribution in [3.63, 3.8) is 0 Å². The Bertz CT molecular complexity index is 1680. The fourth-order valence-electron chi connectivity index (χ4n) is 5.20. The molecule has 0 bridgehead atoms. The number of hydrogen-bond donors (Lipinski definition) is 3. The number of rotatable bonds is 12. The summed E-state index contributed by atoms with van der Waals surface area (Å²) >= 11 is 8.48. The second kappa shape index (κ2) is 13.9. The molecule has 0 fully saturated rings. The Kier molecular flexibility index (Phi) is 9.85. The number of aliphatic hydroxyl groups is 1. The molecular weight excluding hydrogens is 586 g/mol. The summed E-state index contributed by atoms with van der Waals surface area (Å²) in [5, 5.41) is 31.6. The minimum atomic E-state index is -1.16. The number of nitriles is 1. The van der Waals surface area contributed by atoms with Crippen LogP contribution in [0, 0.1) is 11.3 Å². The maximum absolute atomic E-state index is 11.4. The lowest BCUT2D eigenvalue weighted by molar-refractivity contribution is -0.140. The first-order valence-electron chi connectivity index (χ1n) is 13.7. The van der Waals surface area contributed by atoms with Crippen molar-refractivity contribution in [2.75, 3.05) is 13.7 Å². The van der Waals surface area contributed by atoms with E-state index in [-0.39, 0.29) is 18.4 Å². The number of carboxylic acid groups (broad SMARTS) is 1. The Balaban J connectivity index is 1.43. The molecular formula is C33H30ClN3O5S. The Labute approximate surface area is 259 Å². The predicted octanol–water partition coefficient (Wildman–Crippen LogP) is 6.18. The summed E-state index contributed by atoms with van der Waals surface area (Å²) in [4.78, 5) is 16.4. The summed E-state index contributed by atoms with van der Waals surface area (Å²) in [5.41, 5.74) is 6.57. The largest absolute Gasteiger partial charge is 0.496 e. The van der Waals surface area contributed by atoms with E-state index in [0.717, 1.165) is 34.6 Å². The number of carbonyl (C=O) groups is 1. The van der Waals surface area contributed by atoms with E-state index in [0.29, 0.717) is 21.9 Å². The number of benzene rings is 3. The molecule has 1 aliphatic carbocycles. The van der Waals surface area contributed by atoms with E-state index in [1.807, 2.05) is 24.3 Å². The van der Waals surface area contributed by atoms with Gasteiger partial charge in [-0.25, -0.2) is 0 Å². The topological polar surface area (TPSA) is 125 Å². The summed E-state index contributed by atoms with van der Waals surface area (Å²) < 4.78 is 11.8. The number of methoxy groups -OCH3 is 1. The molecule has 8 nitrogen and oxygen atoms in total. The van der Waals surface area contributed by atoms with Crippen LogP contribution in [0.2, 0.25) is 5.02 Å². The predicted molar refractivity (Wildman–Crippen MR) is 165 cm³/mol. The first-order valence-corrected chi connectivity index (χ1v) is 15.0. The zero-order valence-electron chi connectivity index (χ0n) is 23.4. The molecule has 3 aromatic carbocycles. The molecule has 1 heterocycles. The zero-order chi connectivity index (χ0) is 30.3. The van der Waals surface area contributed by atoms with Gasteiger partial charge in [0.15, 0.2) is 0 Å². The highest BCUT2D eigenvalue weighted by atomic mass is 35.5. The third kappa shape index (κ3) is 6.95. The van der Waals surface area contributed by atoms with Crippen molar-refractivity contribution in [2.45, 2.75) is 42.2 Å². The highest BCUT2D eigenvalue weighted by Gasteiger charge is 2.28. The third-order valence-corrected chi connectivity index (χ3v) is 9.13. The van der Waals surface area contributed by atoms with E-state index in [1.165, 1.54) is 22.9 Å². The Morgan fingerprint density at radius 2 is 1.98 bits per heavy atom. The van der Waals surface area contributed by atoms with Crippen molar-refractivity contribution < 1.29 is 24.5 Å². The average Bonchev–Trinajstić information content (AvgIpc) is 3.44. The van der Waals surface area contributed by atoms with Crippen LogP contribution in [-0.2, 0) is 24.4 Å². The number of nitrogens with one attached hydrogen (secondary N) is 1. The molecule has 0 aliphatic heterocycles. The van der Waals surface area contributed by atoms with Gasteiger partial charge in [0.05, 0.1) is 24.3 Å². The molecule has 1 unspecified atom stereocenters. The maximum atomic E-state index is 11.4. The number of thioether (sulfide) groups is 1. The molecule has 0 saturated heterocycles. The Morgan fingerprint density at radius 1 is 1.16 bits per heavy atom. The van der Waals surface area contributed by atoms with E-state index in [1.54, 1.807) is 37.2 Å². The molecule has 0 saturated carbocycles. The third-order valence-electron chi connectivity index (χ3n) is 7.33. The summed E-state index contributed by atoms with van der Waals surface area (Å²) in [5.74, 6) is 0.197. The molecule has 43 heavy (non-hydrogen) atoms. The van der Waals surface area contributed by atoms with Gasteiger partial charge in [0.1, 0.15) is 30.2 Å². The van der Waals surface area contributed by atoms with Crippen molar-refractivity contribution in [3.8, 4) is 28.7 Å². The van der Waals surface area contributed by atoms with Gasteiger partial charge in [0.25, 0.3) is 0 Å². The van der Waals surface area contributed by atoms with E-state index in [4.69, 9.17) is 21.1 Å². The Hall–Kier alpha value is -4.07. The summed E-state index contributed by atoms with van der Waals surface area (Å²) in [6, 6.07) is 20.7. The number of aliphatic hydroxyl groups excluding tert-OH is 1. The molecule has 4 aromatic rings. The first-order chi connectivity index (χ1) is 20.9. The number of aromatic nitrogens is 1. The lowest BCUT2D eigenvalue weighted by Crippen LogP contribution is -2.39. The summed E-state index contributed by atoms with van der Waals surface area (Å²) in [6.45, 7) is -0.293. The van der Waals surface area contributed by atoms with Crippen LogP contribution in [-0.4, -0.2) is 40.9 Å². The van der Waals surface area contributed by atoms with Gasteiger partial charge >= 0.3 is 5.97 Å². The van der Waals surface area contributed by atoms with Gasteiger partial charge < -0.3 is 19.7 Å². The van der Waals surface area contributed by atoms with Gasteiger partial charge in [-0.1, -0.05) is 48.0 Å². The van der Waals surface area contributed by atoms with E-state index >= 15 is 0 Å². The van der Waals surface area contributed by atoms with Gasteiger partial charge in [0, 0.05) is 45.8 Å². The molecule has 0 radical (unpaired) electrons. The van der Waals surface area contributed by atoms with Crippen molar-refractivity contribution in [2.24, 2.45) is 0 Å². The minimum absolute atomic E-state index is 0.114. The first kappa shape index (κ1) is 30.4. The SMILES string of the molecule is COc1ccccc1-c1cccc2c1CC[C@@H]2Sc1cc(OCc2cncc(C#N)c2)c(CNC(CO)C(=O)O)cc1Cl. The average molecular weight is 616 g/mol. The minimum Gasteiger partial charge on any atom is -0.496 e. The quantitative estimate of drug-likeness (QED) is 0.171. The van der Waals surface area contributed by atoms with Crippen LogP contribution in [0.25, 0.3) is 11.1 Å². The molecule has 0 spiro atoms. The lowest BCUT2D eigenvalue weighted by atomic mass is 9.96. The van der Waals surface area contributed by atoms with Gasteiger partial charge in [-0.15, -0.1) is 11.8 Å². The Morgan fingerprint density at radius 3 is 2.74 bits per heavy atom. The number of ether oxygens (including phenoxy) is 2. The van der Waals surface area contributed by atoms with Crippen molar-refractivity contribution in [1.82, 2.24) is 10.3 Å². The molecule has 3 N–H and O–H groups in total.